The minimum Gasteiger partial charge on any atom is -0.467 e. The molecule has 0 aliphatic carbocycles. The van der Waals surface area contributed by atoms with Crippen molar-refractivity contribution in [2.45, 2.75) is 46.1 Å². The molecule has 28 heavy (non-hydrogen) atoms. The van der Waals surface area contributed by atoms with Gasteiger partial charge < -0.3 is 14.3 Å². The van der Waals surface area contributed by atoms with Crippen LogP contribution in [0.3, 0.4) is 0 Å². The highest BCUT2D eigenvalue weighted by Gasteiger charge is 2.20. The Morgan fingerprint density at radius 1 is 1.11 bits per heavy atom. The number of carbonyl (C=O) groups is 1. The topological polar surface area (TPSA) is 64.2 Å². The van der Waals surface area contributed by atoms with Gasteiger partial charge in [-0.2, -0.15) is 0 Å². The van der Waals surface area contributed by atoms with Gasteiger partial charge in [0.25, 0.3) is 5.91 Å². The molecule has 146 valence electrons. The second-order valence-corrected chi connectivity index (χ2v) is 6.91. The number of hydrogen-bond donors (Lipinski definition) is 1. The van der Waals surface area contributed by atoms with E-state index in [1.54, 1.807) is 6.26 Å². The highest BCUT2D eigenvalue weighted by molar-refractivity contribution is 6.05. The number of aryl methyl sites for hydroxylation is 1. The first-order valence-electron chi connectivity index (χ1n) is 9.72. The Morgan fingerprint density at radius 3 is 2.57 bits per heavy atom. The maximum Gasteiger partial charge on any atom is 0.261 e. The predicted molar refractivity (Wildman–Crippen MR) is 111 cm³/mol. The Balaban J connectivity index is 2.03. The molecule has 0 aliphatic rings. The van der Waals surface area contributed by atoms with Crippen molar-refractivity contribution in [3.05, 3.63) is 87.7 Å². The van der Waals surface area contributed by atoms with Gasteiger partial charge >= 0.3 is 0 Å². The number of rotatable bonds is 8. The first kappa shape index (κ1) is 19.7. The highest BCUT2D eigenvalue weighted by atomic mass is 16.3. The zero-order chi connectivity index (χ0) is 19.9. The average Bonchev–Trinajstić information content (AvgIpc) is 3.18. The lowest BCUT2D eigenvalue weighted by atomic mass is 10.0. The minimum atomic E-state index is -0.365. The van der Waals surface area contributed by atoms with Crippen molar-refractivity contribution in [1.29, 1.82) is 0 Å². The summed E-state index contributed by atoms with van der Waals surface area (Å²) in [6.07, 6.45) is 5.33. The van der Waals surface area contributed by atoms with Gasteiger partial charge in [-0.3, -0.25) is 9.59 Å². The molecule has 1 amide bonds. The third kappa shape index (κ3) is 4.60. The fraction of sp³-hybridized carbons (Fsp3) is 0.304. The third-order valence-corrected chi connectivity index (χ3v) is 4.80. The summed E-state index contributed by atoms with van der Waals surface area (Å²) in [4.78, 5) is 25.8. The van der Waals surface area contributed by atoms with Crippen LogP contribution in [0.4, 0.5) is 5.69 Å². The number of hydrogen-bond acceptors (Lipinski definition) is 3. The van der Waals surface area contributed by atoms with Crippen LogP contribution in [-0.2, 0) is 13.0 Å². The minimum absolute atomic E-state index is 0.220. The van der Waals surface area contributed by atoms with Gasteiger partial charge in [0.05, 0.1) is 12.8 Å². The number of para-hydroxylation sites is 1. The van der Waals surface area contributed by atoms with Crippen LogP contribution in [0.15, 0.2) is 64.0 Å². The molecule has 2 heterocycles. The smallest absolute Gasteiger partial charge is 0.261 e. The molecule has 0 spiro atoms. The van der Waals surface area contributed by atoms with E-state index < -0.39 is 0 Å². The highest BCUT2D eigenvalue weighted by Crippen LogP contribution is 2.17. The molecule has 0 bridgehead atoms. The zero-order valence-corrected chi connectivity index (χ0v) is 16.4. The van der Waals surface area contributed by atoms with Crippen LogP contribution in [0, 0.1) is 6.92 Å². The number of nitrogens with one attached hydrogen (secondary N) is 1. The van der Waals surface area contributed by atoms with Crippen LogP contribution in [0.1, 0.15) is 53.7 Å². The maximum atomic E-state index is 13.0. The van der Waals surface area contributed by atoms with Gasteiger partial charge in [0.2, 0.25) is 0 Å². The summed E-state index contributed by atoms with van der Waals surface area (Å²) in [7, 11) is 0. The van der Waals surface area contributed by atoms with Gasteiger partial charge in [-0.1, -0.05) is 38.0 Å². The number of nitrogens with zero attached hydrogens (tertiary/aromatic N) is 1. The average molecular weight is 378 g/mol. The first-order chi connectivity index (χ1) is 13.6. The van der Waals surface area contributed by atoms with Gasteiger partial charge in [0, 0.05) is 23.1 Å². The number of carbonyl (C=O) groups excluding carboxylic acids is 1. The number of furan rings is 1. The van der Waals surface area contributed by atoms with Crippen molar-refractivity contribution in [1.82, 2.24) is 4.57 Å². The Hall–Kier alpha value is -3.08. The van der Waals surface area contributed by atoms with Gasteiger partial charge in [0.1, 0.15) is 11.3 Å². The summed E-state index contributed by atoms with van der Waals surface area (Å²) < 4.78 is 7.52. The fourth-order valence-electron chi connectivity index (χ4n) is 3.37. The van der Waals surface area contributed by atoms with Crippen LogP contribution in [-0.4, -0.2) is 10.5 Å². The quantitative estimate of drug-likeness (QED) is 0.574. The largest absolute Gasteiger partial charge is 0.467 e. The Bertz CT molecular complexity index is 973. The molecular formula is C23H26N2O3. The number of unbranched alkanes of at least 4 members (excludes halogenated alkanes) is 2. The van der Waals surface area contributed by atoms with E-state index in [0.29, 0.717) is 18.7 Å². The molecule has 3 rings (SSSR count). The van der Waals surface area contributed by atoms with Crippen molar-refractivity contribution in [2.75, 3.05) is 5.32 Å². The molecule has 5 nitrogen and oxygen atoms in total. The van der Waals surface area contributed by atoms with Crippen molar-refractivity contribution in [3.63, 3.8) is 0 Å². The van der Waals surface area contributed by atoms with E-state index in [9.17, 15) is 9.59 Å². The third-order valence-electron chi connectivity index (χ3n) is 4.80. The van der Waals surface area contributed by atoms with Crippen molar-refractivity contribution in [3.8, 4) is 0 Å². The summed E-state index contributed by atoms with van der Waals surface area (Å²) in [5, 5.41) is 2.86. The molecule has 0 saturated carbocycles. The molecule has 0 aliphatic heterocycles. The second kappa shape index (κ2) is 9.22. The molecule has 0 fully saturated rings. The molecule has 1 aromatic carbocycles. The standard InChI is InChI=1S/C23H26N2O3/c1-3-4-6-13-20-22(23(27)24-18-10-7-5-8-11-18)21(26)15-17(2)25(20)16-19-12-9-14-28-19/h5,7-12,14-15H,3-4,6,13,16H2,1-2H3,(H,24,27). The summed E-state index contributed by atoms with van der Waals surface area (Å²) in [5.41, 5.74) is 2.24. The lowest BCUT2D eigenvalue weighted by Crippen LogP contribution is -2.28. The Morgan fingerprint density at radius 2 is 1.89 bits per heavy atom. The SMILES string of the molecule is CCCCCc1c(C(=O)Nc2ccccc2)c(=O)cc(C)n1Cc1ccco1. The lowest BCUT2D eigenvalue weighted by molar-refractivity contribution is 0.102. The molecule has 0 atom stereocenters. The number of amides is 1. The van der Waals surface area contributed by atoms with E-state index in [-0.39, 0.29) is 16.9 Å². The molecule has 2 aromatic heterocycles. The monoisotopic (exact) mass is 378 g/mol. The summed E-state index contributed by atoms with van der Waals surface area (Å²) in [6, 6.07) is 14.5. The molecule has 5 heteroatoms. The molecule has 1 N–H and O–H groups in total. The number of pyridine rings is 1. The summed E-state index contributed by atoms with van der Waals surface area (Å²) in [6.45, 7) is 4.52. The van der Waals surface area contributed by atoms with Crippen LogP contribution >= 0.6 is 0 Å². The molecular weight excluding hydrogens is 352 g/mol. The Kier molecular flexibility index (Phi) is 6.48. The number of anilines is 1. The second-order valence-electron chi connectivity index (χ2n) is 6.91. The van der Waals surface area contributed by atoms with E-state index in [0.717, 1.165) is 36.4 Å². The zero-order valence-electron chi connectivity index (χ0n) is 16.4. The van der Waals surface area contributed by atoms with Gasteiger partial charge in [-0.25, -0.2) is 0 Å². The van der Waals surface area contributed by atoms with E-state index >= 15 is 0 Å². The molecule has 0 unspecified atom stereocenters. The van der Waals surface area contributed by atoms with Crippen LogP contribution < -0.4 is 10.7 Å². The van der Waals surface area contributed by atoms with Crippen molar-refractivity contribution < 1.29 is 9.21 Å². The van der Waals surface area contributed by atoms with Crippen LogP contribution in [0.25, 0.3) is 0 Å². The maximum absolute atomic E-state index is 13.0. The van der Waals surface area contributed by atoms with E-state index in [2.05, 4.69) is 12.2 Å². The number of aromatic nitrogens is 1. The molecule has 0 saturated heterocycles. The molecule has 0 radical (unpaired) electrons. The van der Waals surface area contributed by atoms with Crippen molar-refractivity contribution >= 4 is 11.6 Å². The first-order valence-corrected chi connectivity index (χ1v) is 9.72. The van der Waals surface area contributed by atoms with Crippen LogP contribution in [0.5, 0.6) is 0 Å². The normalized spacial score (nSPS) is 10.8. The summed E-state index contributed by atoms with van der Waals surface area (Å²) in [5.74, 6) is 0.425. The Labute approximate surface area is 165 Å². The van der Waals surface area contributed by atoms with Gasteiger partial charge in [-0.05, 0) is 44.0 Å². The van der Waals surface area contributed by atoms with E-state index in [1.807, 2.05) is 54.0 Å². The number of benzene rings is 1. The summed E-state index contributed by atoms with van der Waals surface area (Å²) >= 11 is 0. The van der Waals surface area contributed by atoms with Crippen LogP contribution in [0.2, 0.25) is 0 Å². The predicted octanol–water partition coefficient (Wildman–Crippen LogP) is 4.78. The van der Waals surface area contributed by atoms with Gasteiger partial charge in [-0.15, -0.1) is 0 Å². The molecule has 3 aromatic rings. The van der Waals surface area contributed by atoms with E-state index in [4.69, 9.17) is 4.42 Å². The lowest BCUT2D eigenvalue weighted by Gasteiger charge is -2.19. The van der Waals surface area contributed by atoms with Gasteiger partial charge in [0.15, 0.2) is 5.43 Å². The van der Waals surface area contributed by atoms with Crippen molar-refractivity contribution in [2.24, 2.45) is 0 Å². The fourth-order valence-corrected chi connectivity index (χ4v) is 3.37. The van der Waals surface area contributed by atoms with E-state index in [1.165, 1.54) is 6.07 Å².